The summed E-state index contributed by atoms with van der Waals surface area (Å²) >= 11 is 3.31. The van der Waals surface area contributed by atoms with Crippen LogP contribution < -0.4 is 0 Å². The molecule has 0 saturated carbocycles. The maximum absolute atomic E-state index is 3.78. The third-order valence-corrected chi connectivity index (χ3v) is 2.49. The summed E-state index contributed by atoms with van der Waals surface area (Å²) in [6, 6.07) is 9.75. The Balaban J connectivity index is -0.000000212. The van der Waals surface area contributed by atoms with Gasteiger partial charge in [0.2, 0.25) is 0 Å². The lowest BCUT2D eigenvalue weighted by molar-refractivity contribution is 1.33. The standard InChI is InChI=1S/C5H5N.C4H4S.C3H3NS.3C2H6/c1-2-4-6-5-3-1;1-2-4-5-3-1;1-2-5-3-4-1;3*1-2/h1-5H;1-4H;1-3H;3*1-2H3. The van der Waals surface area contributed by atoms with Crippen molar-refractivity contribution in [3.63, 3.8) is 0 Å². The fourth-order valence-corrected chi connectivity index (χ4v) is 1.52. The fourth-order valence-electron chi connectivity index (χ4n) is 0.715. The van der Waals surface area contributed by atoms with Gasteiger partial charge in [-0.1, -0.05) is 59.7 Å². The first-order valence-electron chi connectivity index (χ1n) is 7.64. The number of thiazole rings is 1. The van der Waals surface area contributed by atoms with Crippen LogP contribution in [-0.2, 0) is 0 Å². The molecule has 0 radical (unpaired) electrons. The average Bonchev–Trinajstić information content (AvgIpc) is 3.40. The maximum atomic E-state index is 3.78. The Morgan fingerprint density at radius 1 is 0.500 bits per heavy atom. The van der Waals surface area contributed by atoms with Crippen LogP contribution in [0, 0.1) is 0 Å². The van der Waals surface area contributed by atoms with Gasteiger partial charge in [-0.3, -0.25) is 9.97 Å². The van der Waals surface area contributed by atoms with Crippen LogP contribution in [0.3, 0.4) is 0 Å². The van der Waals surface area contributed by atoms with Crippen molar-refractivity contribution in [2.75, 3.05) is 0 Å². The molecule has 0 aliphatic carbocycles. The van der Waals surface area contributed by atoms with E-state index in [1.54, 1.807) is 46.8 Å². The molecular weight excluding hydrogens is 308 g/mol. The van der Waals surface area contributed by atoms with Gasteiger partial charge in [0.05, 0.1) is 5.51 Å². The van der Waals surface area contributed by atoms with E-state index in [1.807, 2.05) is 88.0 Å². The lowest BCUT2D eigenvalue weighted by Crippen LogP contribution is -1.58. The third kappa shape index (κ3) is 26.9. The van der Waals surface area contributed by atoms with Crippen LogP contribution in [-0.4, -0.2) is 9.97 Å². The van der Waals surface area contributed by atoms with Crippen LogP contribution >= 0.6 is 22.7 Å². The molecule has 3 heterocycles. The van der Waals surface area contributed by atoms with Gasteiger partial charge in [-0.25, -0.2) is 0 Å². The van der Waals surface area contributed by atoms with Crippen molar-refractivity contribution in [1.82, 2.24) is 9.97 Å². The van der Waals surface area contributed by atoms with Gasteiger partial charge in [0.1, 0.15) is 0 Å². The molecule has 3 aromatic rings. The predicted octanol–water partition coefficient (Wildman–Crippen LogP) is 7.05. The molecule has 22 heavy (non-hydrogen) atoms. The number of aromatic nitrogens is 2. The molecule has 0 fully saturated rings. The second-order valence-corrected chi connectivity index (χ2v) is 4.07. The van der Waals surface area contributed by atoms with Crippen LogP contribution in [0.25, 0.3) is 0 Å². The summed E-state index contributed by atoms with van der Waals surface area (Å²) in [6.45, 7) is 12.0. The number of rotatable bonds is 0. The van der Waals surface area contributed by atoms with Crippen molar-refractivity contribution in [2.24, 2.45) is 0 Å². The topological polar surface area (TPSA) is 25.8 Å². The highest BCUT2D eigenvalue weighted by Crippen LogP contribution is 1.91. The van der Waals surface area contributed by atoms with E-state index < -0.39 is 0 Å². The smallest absolute Gasteiger partial charge is 0.0791 e. The summed E-state index contributed by atoms with van der Waals surface area (Å²) in [5.74, 6) is 0. The molecule has 0 unspecified atom stereocenters. The second kappa shape index (κ2) is 31.7. The second-order valence-electron chi connectivity index (χ2n) is 2.49. The molecule has 2 nitrogen and oxygen atoms in total. The molecule has 0 atom stereocenters. The van der Waals surface area contributed by atoms with Crippen LogP contribution in [0.5, 0.6) is 0 Å². The first-order chi connectivity index (χ1) is 11.0. The van der Waals surface area contributed by atoms with Gasteiger partial charge < -0.3 is 0 Å². The molecule has 3 aromatic heterocycles. The highest BCUT2D eigenvalue weighted by Gasteiger charge is 1.60. The molecule has 4 heteroatoms. The van der Waals surface area contributed by atoms with Crippen LogP contribution in [0.2, 0.25) is 0 Å². The number of hydrogen-bond donors (Lipinski definition) is 0. The van der Waals surface area contributed by atoms with E-state index in [4.69, 9.17) is 0 Å². The van der Waals surface area contributed by atoms with Crippen molar-refractivity contribution in [3.8, 4) is 0 Å². The largest absolute Gasteiger partial charge is 0.265 e. The van der Waals surface area contributed by atoms with Crippen LogP contribution in [0.4, 0.5) is 0 Å². The van der Waals surface area contributed by atoms with E-state index in [2.05, 4.69) is 9.97 Å². The minimum atomic E-state index is 1.60. The molecule has 0 aromatic carbocycles. The van der Waals surface area contributed by atoms with Crippen molar-refractivity contribution in [2.45, 2.75) is 41.5 Å². The highest BCUT2D eigenvalue weighted by molar-refractivity contribution is 7.07. The van der Waals surface area contributed by atoms with E-state index in [0.29, 0.717) is 0 Å². The molecule has 0 amide bonds. The molecular formula is C18H30N2S2. The summed E-state index contributed by atoms with van der Waals surface area (Å²) in [7, 11) is 0. The Kier molecular flexibility index (Phi) is 36.7. The van der Waals surface area contributed by atoms with E-state index in [-0.39, 0.29) is 0 Å². The molecule has 124 valence electrons. The Morgan fingerprint density at radius 3 is 1.18 bits per heavy atom. The van der Waals surface area contributed by atoms with Gasteiger partial charge in [-0.2, -0.15) is 11.3 Å². The van der Waals surface area contributed by atoms with Crippen LogP contribution in [0.1, 0.15) is 41.5 Å². The molecule has 0 N–H and O–H groups in total. The minimum Gasteiger partial charge on any atom is -0.265 e. The van der Waals surface area contributed by atoms with Gasteiger partial charge in [-0.05, 0) is 22.9 Å². The number of nitrogens with zero attached hydrogens (tertiary/aromatic N) is 2. The van der Waals surface area contributed by atoms with E-state index in [0.717, 1.165) is 0 Å². The highest BCUT2D eigenvalue weighted by atomic mass is 32.1. The molecule has 0 saturated heterocycles. The number of pyridine rings is 1. The van der Waals surface area contributed by atoms with Gasteiger partial charge in [0.25, 0.3) is 0 Å². The van der Waals surface area contributed by atoms with E-state index in [1.165, 1.54) is 0 Å². The first-order valence-corrected chi connectivity index (χ1v) is 9.53. The quantitative estimate of drug-likeness (QED) is 0.439. The van der Waals surface area contributed by atoms with Gasteiger partial charge >= 0.3 is 0 Å². The predicted molar refractivity (Wildman–Crippen MR) is 105 cm³/mol. The zero-order valence-electron chi connectivity index (χ0n) is 14.6. The summed E-state index contributed by atoms with van der Waals surface area (Å²) in [6.07, 6.45) is 5.27. The SMILES string of the molecule is CC.CC.CC.c1ccncc1.c1ccsc1.c1cscn1. The zero-order valence-corrected chi connectivity index (χ0v) is 16.3. The monoisotopic (exact) mass is 338 g/mol. The summed E-state index contributed by atoms with van der Waals surface area (Å²) in [5.41, 5.74) is 1.79. The fraction of sp³-hybridized carbons (Fsp3) is 0.333. The Morgan fingerprint density at radius 2 is 1.05 bits per heavy atom. The molecule has 0 bridgehead atoms. The Bertz CT molecular complexity index is 310. The lowest BCUT2D eigenvalue weighted by atomic mass is 10.5. The molecule has 0 aliphatic heterocycles. The van der Waals surface area contributed by atoms with E-state index >= 15 is 0 Å². The maximum Gasteiger partial charge on any atom is 0.0791 e. The summed E-state index contributed by atoms with van der Waals surface area (Å²) < 4.78 is 0. The van der Waals surface area contributed by atoms with Crippen molar-refractivity contribution in [1.29, 1.82) is 0 Å². The van der Waals surface area contributed by atoms with Crippen molar-refractivity contribution >= 4 is 22.7 Å². The minimum absolute atomic E-state index is 1.60. The molecule has 0 aliphatic rings. The van der Waals surface area contributed by atoms with Gasteiger partial charge in [0.15, 0.2) is 0 Å². The first kappa shape index (κ1) is 25.4. The zero-order chi connectivity index (χ0) is 17.3. The Hall–Kier alpha value is -1.52. The number of thiophene rings is 1. The van der Waals surface area contributed by atoms with Crippen molar-refractivity contribution < 1.29 is 0 Å². The molecule has 3 rings (SSSR count). The third-order valence-electron chi connectivity index (χ3n) is 1.34. The van der Waals surface area contributed by atoms with Crippen molar-refractivity contribution in [3.05, 3.63) is 70.6 Å². The summed E-state index contributed by atoms with van der Waals surface area (Å²) in [5, 5.41) is 6.01. The van der Waals surface area contributed by atoms with Crippen LogP contribution in [0.15, 0.2) is 70.6 Å². The van der Waals surface area contributed by atoms with E-state index in [9.17, 15) is 0 Å². The average molecular weight is 339 g/mol. The number of hydrogen-bond acceptors (Lipinski definition) is 4. The normalized spacial score (nSPS) is 6.64. The van der Waals surface area contributed by atoms with Gasteiger partial charge in [-0.15, -0.1) is 11.3 Å². The molecule has 0 spiro atoms. The van der Waals surface area contributed by atoms with Gasteiger partial charge in [0, 0.05) is 24.0 Å². The Labute approximate surface area is 144 Å². The summed E-state index contributed by atoms with van der Waals surface area (Å²) in [4.78, 5) is 7.53. The lowest BCUT2D eigenvalue weighted by Gasteiger charge is -1.70.